The molecule has 30 heavy (non-hydrogen) atoms. The number of H-pyrrole nitrogens is 1. The summed E-state index contributed by atoms with van der Waals surface area (Å²) in [5, 5.41) is 10.6. The quantitative estimate of drug-likeness (QED) is 0.572. The number of nitrogens with zero attached hydrogens (tertiary/aromatic N) is 2. The number of halogens is 2. The summed E-state index contributed by atoms with van der Waals surface area (Å²) in [5.74, 6) is 0.188. The van der Waals surface area contributed by atoms with Gasteiger partial charge in [0.25, 0.3) is 5.56 Å². The van der Waals surface area contributed by atoms with E-state index in [1.807, 2.05) is 24.3 Å². The molecule has 1 aromatic heterocycles. The van der Waals surface area contributed by atoms with Gasteiger partial charge in [-0.1, -0.05) is 29.8 Å². The third-order valence-corrected chi connectivity index (χ3v) is 4.75. The van der Waals surface area contributed by atoms with E-state index in [4.69, 9.17) is 16.3 Å². The Labute approximate surface area is 177 Å². The van der Waals surface area contributed by atoms with Crippen molar-refractivity contribution in [1.29, 1.82) is 0 Å². The van der Waals surface area contributed by atoms with Crippen LogP contribution in [0.4, 0.5) is 4.39 Å². The van der Waals surface area contributed by atoms with Crippen molar-refractivity contribution in [1.82, 2.24) is 20.5 Å². The van der Waals surface area contributed by atoms with Gasteiger partial charge in [0.1, 0.15) is 17.3 Å². The summed E-state index contributed by atoms with van der Waals surface area (Å²) in [6.45, 7) is 0.450. The highest BCUT2D eigenvalue weighted by atomic mass is 35.5. The lowest BCUT2D eigenvalue weighted by Gasteiger charge is -2.09. The molecule has 2 aromatic carbocycles. The molecular weight excluding hydrogens is 411 g/mol. The predicted molar refractivity (Wildman–Crippen MR) is 111 cm³/mol. The number of carbonyl (C=O) groups is 1. The monoisotopic (exact) mass is 430 g/mol. The smallest absolute Gasteiger partial charge is 0.273 e. The number of carbonyl (C=O) groups excluding carboxylic acids is 1. The third-order valence-electron chi connectivity index (χ3n) is 4.46. The van der Waals surface area contributed by atoms with Crippen molar-refractivity contribution in [2.75, 3.05) is 13.7 Å². The lowest BCUT2D eigenvalue weighted by atomic mass is 10.1. The molecule has 9 heteroatoms. The zero-order valence-electron chi connectivity index (χ0n) is 16.2. The fraction of sp³-hybridized carbons (Fsp3) is 0.238. The average molecular weight is 431 g/mol. The molecule has 0 aliphatic heterocycles. The van der Waals surface area contributed by atoms with Gasteiger partial charge in [0.2, 0.25) is 5.91 Å². The minimum absolute atomic E-state index is 0.0796. The summed E-state index contributed by atoms with van der Waals surface area (Å²) in [7, 11) is 1.60. The molecule has 0 radical (unpaired) electrons. The van der Waals surface area contributed by atoms with Gasteiger partial charge in [0.15, 0.2) is 5.82 Å². The van der Waals surface area contributed by atoms with Crippen LogP contribution in [0.2, 0.25) is 5.02 Å². The number of para-hydroxylation sites is 1. The maximum Gasteiger partial charge on any atom is 0.273 e. The number of hydrogen-bond donors (Lipinski definition) is 2. The molecule has 0 unspecified atom stereocenters. The SMILES string of the molecule is COc1ccccc1CCNC(=O)CCc1nnc(-c2ccc(F)c(Cl)c2)[nH]c1=O. The normalized spacial score (nSPS) is 10.6. The zero-order chi connectivity index (χ0) is 21.5. The molecule has 7 nitrogen and oxygen atoms in total. The number of hydrogen-bond acceptors (Lipinski definition) is 5. The fourth-order valence-electron chi connectivity index (χ4n) is 2.86. The van der Waals surface area contributed by atoms with Crippen LogP contribution in [-0.2, 0) is 17.6 Å². The second kappa shape index (κ2) is 9.98. The molecule has 156 valence electrons. The molecule has 0 spiro atoms. The highest BCUT2D eigenvalue weighted by Crippen LogP contribution is 2.21. The van der Waals surface area contributed by atoms with Gasteiger partial charge >= 0.3 is 0 Å². The Bertz CT molecular complexity index is 1100. The van der Waals surface area contributed by atoms with E-state index in [0.717, 1.165) is 11.3 Å². The Kier molecular flexibility index (Phi) is 7.13. The maximum absolute atomic E-state index is 13.3. The first-order chi connectivity index (χ1) is 14.5. The molecule has 1 amide bonds. The Balaban J connectivity index is 1.53. The van der Waals surface area contributed by atoms with E-state index >= 15 is 0 Å². The number of aromatic amines is 1. The summed E-state index contributed by atoms with van der Waals surface area (Å²) in [5.41, 5.74) is 1.12. The molecule has 3 aromatic rings. The maximum atomic E-state index is 13.3. The van der Waals surface area contributed by atoms with Crippen molar-refractivity contribution in [3.05, 3.63) is 74.9 Å². The molecule has 0 saturated heterocycles. The number of aryl methyl sites for hydroxylation is 1. The van der Waals surface area contributed by atoms with Gasteiger partial charge in [-0.25, -0.2) is 4.39 Å². The molecule has 0 fully saturated rings. The molecule has 0 aliphatic rings. The number of ether oxygens (including phenoxy) is 1. The van der Waals surface area contributed by atoms with E-state index in [1.54, 1.807) is 7.11 Å². The van der Waals surface area contributed by atoms with Crippen molar-refractivity contribution in [3.63, 3.8) is 0 Å². The fourth-order valence-corrected chi connectivity index (χ4v) is 3.04. The van der Waals surface area contributed by atoms with Gasteiger partial charge in [0.05, 0.1) is 12.1 Å². The lowest BCUT2D eigenvalue weighted by molar-refractivity contribution is -0.121. The van der Waals surface area contributed by atoms with Crippen molar-refractivity contribution in [3.8, 4) is 17.1 Å². The molecule has 0 atom stereocenters. The Hall–Kier alpha value is -3.26. The van der Waals surface area contributed by atoms with E-state index < -0.39 is 11.4 Å². The highest BCUT2D eigenvalue weighted by Gasteiger charge is 2.11. The van der Waals surface area contributed by atoms with Crippen LogP contribution >= 0.6 is 11.6 Å². The first kappa shape index (κ1) is 21.4. The largest absolute Gasteiger partial charge is 0.496 e. The number of aromatic nitrogens is 3. The average Bonchev–Trinajstić information content (AvgIpc) is 2.75. The number of rotatable bonds is 8. The van der Waals surface area contributed by atoms with Crippen LogP contribution in [-0.4, -0.2) is 34.7 Å². The van der Waals surface area contributed by atoms with Crippen molar-refractivity contribution in [2.24, 2.45) is 0 Å². The van der Waals surface area contributed by atoms with Gasteiger partial charge in [-0.15, -0.1) is 10.2 Å². The molecule has 1 heterocycles. The van der Waals surface area contributed by atoms with Crippen LogP contribution in [0.5, 0.6) is 5.75 Å². The first-order valence-corrected chi connectivity index (χ1v) is 9.65. The lowest BCUT2D eigenvalue weighted by Crippen LogP contribution is -2.27. The molecule has 3 rings (SSSR count). The van der Waals surface area contributed by atoms with Crippen LogP contribution in [0.15, 0.2) is 47.3 Å². The first-order valence-electron chi connectivity index (χ1n) is 9.28. The highest BCUT2D eigenvalue weighted by molar-refractivity contribution is 6.31. The molecular formula is C21H20ClFN4O3. The molecule has 0 bridgehead atoms. The van der Waals surface area contributed by atoms with E-state index in [0.29, 0.717) is 18.5 Å². The van der Waals surface area contributed by atoms with E-state index in [1.165, 1.54) is 18.2 Å². The van der Waals surface area contributed by atoms with Gasteiger partial charge in [-0.05, 0) is 36.2 Å². The Morgan fingerprint density at radius 3 is 2.73 bits per heavy atom. The summed E-state index contributed by atoms with van der Waals surface area (Å²) in [6, 6.07) is 11.6. The Morgan fingerprint density at radius 2 is 2.00 bits per heavy atom. The molecule has 2 N–H and O–H groups in total. The van der Waals surface area contributed by atoms with Crippen LogP contribution in [0.1, 0.15) is 17.7 Å². The van der Waals surface area contributed by atoms with Gasteiger partial charge in [-0.3, -0.25) is 9.59 Å². The topological polar surface area (TPSA) is 97.0 Å². The standard InChI is InChI=1S/C21H20ClFN4O3/c1-30-18-5-3-2-4-13(18)10-11-24-19(28)9-8-17-21(29)25-20(27-26-17)14-6-7-16(23)15(22)12-14/h2-7,12H,8-11H2,1H3,(H,24,28)(H,25,27,29). The van der Waals surface area contributed by atoms with Crippen LogP contribution in [0.25, 0.3) is 11.4 Å². The van der Waals surface area contributed by atoms with E-state index in [9.17, 15) is 14.0 Å². The van der Waals surface area contributed by atoms with Gasteiger partial charge in [0, 0.05) is 24.9 Å². The summed E-state index contributed by atoms with van der Waals surface area (Å²) in [6.07, 6.45) is 0.879. The summed E-state index contributed by atoms with van der Waals surface area (Å²) < 4.78 is 18.6. The van der Waals surface area contributed by atoms with Crippen LogP contribution in [0.3, 0.4) is 0 Å². The second-order valence-corrected chi connectivity index (χ2v) is 6.90. The van der Waals surface area contributed by atoms with E-state index in [2.05, 4.69) is 20.5 Å². The Morgan fingerprint density at radius 1 is 1.20 bits per heavy atom. The number of benzene rings is 2. The zero-order valence-corrected chi connectivity index (χ0v) is 17.0. The second-order valence-electron chi connectivity index (χ2n) is 6.49. The van der Waals surface area contributed by atoms with E-state index in [-0.39, 0.29) is 35.3 Å². The van der Waals surface area contributed by atoms with Gasteiger partial charge in [-0.2, -0.15) is 0 Å². The molecule has 0 saturated carbocycles. The minimum atomic E-state index is -0.566. The van der Waals surface area contributed by atoms with Crippen molar-refractivity contribution < 1.29 is 13.9 Å². The molecule has 0 aliphatic carbocycles. The summed E-state index contributed by atoms with van der Waals surface area (Å²) in [4.78, 5) is 26.9. The predicted octanol–water partition coefficient (Wildman–Crippen LogP) is 2.92. The number of amides is 1. The third kappa shape index (κ3) is 5.42. The van der Waals surface area contributed by atoms with Crippen LogP contribution < -0.4 is 15.6 Å². The van der Waals surface area contributed by atoms with Crippen molar-refractivity contribution >= 4 is 17.5 Å². The van der Waals surface area contributed by atoms with Gasteiger partial charge < -0.3 is 15.0 Å². The number of methoxy groups -OCH3 is 1. The van der Waals surface area contributed by atoms with Crippen LogP contribution in [0, 0.1) is 5.82 Å². The minimum Gasteiger partial charge on any atom is -0.496 e. The number of nitrogens with one attached hydrogen (secondary N) is 2. The van der Waals surface area contributed by atoms with Crippen molar-refractivity contribution in [2.45, 2.75) is 19.3 Å². The summed E-state index contributed by atoms with van der Waals surface area (Å²) >= 11 is 5.75.